The molecule has 0 aliphatic carbocycles. The number of hydrogen-bond donors (Lipinski definition) is 1. The van der Waals surface area contributed by atoms with Crippen LogP contribution in [0.1, 0.15) is 32.8 Å². The summed E-state index contributed by atoms with van der Waals surface area (Å²) in [5, 5.41) is 3.50. The minimum Gasteiger partial charge on any atom is -0.493 e. The highest BCUT2D eigenvalue weighted by molar-refractivity contribution is 5.46. The Bertz CT molecular complexity index is 418. The molecule has 0 atom stereocenters. The summed E-state index contributed by atoms with van der Waals surface area (Å²) in [5.74, 6) is 1.62. The Labute approximate surface area is 128 Å². The fourth-order valence-electron chi connectivity index (χ4n) is 2.20. The lowest BCUT2D eigenvalue weighted by Crippen LogP contribution is -2.30. The molecule has 1 aromatic rings. The van der Waals surface area contributed by atoms with Crippen molar-refractivity contribution in [1.82, 2.24) is 5.32 Å². The molecule has 0 bridgehead atoms. The highest BCUT2D eigenvalue weighted by Crippen LogP contribution is 2.31. The smallest absolute Gasteiger partial charge is 0.165 e. The van der Waals surface area contributed by atoms with Gasteiger partial charge in [0, 0.05) is 32.4 Å². The number of methoxy groups -OCH3 is 2. The van der Waals surface area contributed by atoms with E-state index in [9.17, 15) is 0 Å². The van der Waals surface area contributed by atoms with Crippen LogP contribution in [0, 0.1) is 5.41 Å². The molecule has 0 aliphatic rings. The van der Waals surface area contributed by atoms with E-state index in [1.807, 2.05) is 19.1 Å². The average molecular weight is 295 g/mol. The normalized spacial score (nSPS) is 11.5. The highest BCUT2D eigenvalue weighted by atomic mass is 16.5. The van der Waals surface area contributed by atoms with Crippen LogP contribution >= 0.6 is 0 Å². The van der Waals surface area contributed by atoms with Gasteiger partial charge in [0.25, 0.3) is 0 Å². The second kappa shape index (κ2) is 8.90. The fraction of sp³-hybridized carbons (Fsp3) is 0.647. The SMILES string of the molecule is CCOc1cccc(CNCC(C)(C)CCOC)c1OC. The Kier molecular flexibility index (Phi) is 7.54. The van der Waals surface area contributed by atoms with Gasteiger partial charge in [0.05, 0.1) is 13.7 Å². The van der Waals surface area contributed by atoms with Crippen molar-refractivity contribution >= 4 is 0 Å². The molecule has 0 saturated heterocycles. The number of rotatable bonds is 10. The van der Waals surface area contributed by atoms with Crippen LogP contribution in [-0.2, 0) is 11.3 Å². The van der Waals surface area contributed by atoms with Crippen LogP contribution in [-0.4, -0.2) is 34.0 Å². The topological polar surface area (TPSA) is 39.7 Å². The number of hydrogen-bond acceptors (Lipinski definition) is 4. The summed E-state index contributed by atoms with van der Waals surface area (Å²) in [6.07, 6.45) is 1.03. The maximum atomic E-state index is 5.60. The van der Waals surface area contributed by atoms with Crippen LogP contribution in [0.2, 0.25) is 0 Å². The van der Waals surface area contributed by atoms with E-state index < -0.39 is 0 Å². The maximum Gasteiger partial charge on any atom is 0.165 e. The monoisotopic (exact) mass is 295 g/mol. The van der Waals surface area contributed by atoms with Crippen LogP contribution in [0.25, 0.3) is 0 Å². The van der Waals surface area contributed by atoms with Crippen molar-refractivity contribution in [2.45, 2.75) is 33.7 Å². The molecular formula is C17H29NO3. The number of nitrogens with one attached hydrogen (secondary N) is 1. The van der Waals surface area contributed by atoms with E-state index >= 15 is 0 Å². The van der Waals surface area contributed by atoms with Gasteiger partial charge in [0.2, 0.25) is 0 Å². The van der Waals surface area contributed by atoms with E-state index in [0.29, 0.717) is 6.61 Å². The van der Waals surface area contributed by atoms with Crippen molar-refractivity contribution in [3.63, 3.8) is 0 Å². The van der Waals surface area contributed by atoms with E-state index in [0.717, 1.165) is 43.2 Å². The molecule has 0 spiro atoms. The van der Waals surface area contributed by atoms with E-state index in [2.05, 4.69) is 25.2 Å². The average Bonchev–Trinajstić information content (AvgIpc) is 2.46. The largest absolute Gasteiger partial charge is 0.493 e. The predicted octanol–water partition coefficient (Wildman–Crippen LogP) is 3.25. The zero-order valence-corrected chi connectivity index (χ0v) is 14.0. The molecule has 0 aromatic heterocycles. The van der Waals surface area contributed by atoms with Crippen molar-refractivity contribution in [3.8, 4) is 11.5 Å². The van der Waals surface area contributed by atoms with Gasteiger partial charge in [-0.25, -0.2) is 0 Å². The first-order valence-electron chi connectivity index (χ1n) is 7.52. The van der Waals surface area contributed by atoms with Crippen LogP contribution in [0.15, 0.2) is 18.2 Å². The number of benzene rings is 1. The molecule has 1 aromatic carbocycles. The number of ether oxygens (including phenoxy) is 3. The molecule has 120 valence electrons. The van der Waals surface area contributed by atoms with Gasteiger partial charge in [-0.05, 0) is 24.8 Å². The molecule has 4 heteroatoms. The van der Waals surface area contributed by atoms with Crippen molar-refractivity contribution in [1.29, 1.82) is 0 Å². The second-order valence-corrected chi connectivity index (χ2v) is 5.89. The summed E-state index contributed by atoms with van der Waals surface area (Å²) in [6.45, 7) is 9.58. The molecule has 0 radical (unpaired) electrons. The standard InChI is InChI=1S/C17H29NO3/c1-6-21-15-9-7-8-14(16(15)20-5)12-18-13-17(2,3)10-11-19-4/h7-9,18H,6,10-13H2,1-5H3. The molecule has 0 heterocycles. The zero-order chi connectivity index (χ0) is 15.7. The van der Waals surface area contributed by atoms with Crippen LogP contribution in [0.5, 0.6) is 11.5 Å². The molecule has 0 aliphatic heterocycles. The molecule has 0 unspecified atom stereocenters. The van der Waals surface area contributed by atoms with Crippen molar-refractivity contribution in [3.05, 3.63) is 23.8 Å². The van der Waals surface area contributed by atoms with Gasteiger partial charge in [-0.3, -0.25) is 0 Å². The Hall–Kier alpha value is -1.26. The van der Waals surface area contributed by atoms with Crippen LogP contribution in [0.4, 0.5) is 0 Å². The van der Waals surface area contributed by atoms with Gasteiger partial charge in [0.15, 0.2) is 11.5 Å². The molecule has 4 nitrogen and oxygen atoms in total. The van der Waals surface area contributed by atoms with Gasteiger partial charge in [-0.2, -0.15) is 0 Å². The third-order valence-corrected chi connectivity index (χ3v) is 3.47. The van der Waals surface area contributed by atoms with Gasteiger partial charge >= 0.3 is 0 Å². The molecule has 1 rings (SSSR count). The zero-order valence-electron chi connectivity index (χ0n) is 14.0. The van der Waals surface area contributed by atoms with E-state index in [4.69, 9.17) is 14.2 Å². The summed E-state index contributed by atoms with van der Waals surface area (Å²) in [5.41, 5.74) is 1.33. The first-order chi connectivity index (χ1) is 10.0. The highest BCUT2D eigenvalue weighted by Gasteiger charge is 2.17. The first-order valence-corrected chi connectivity index (χ1v) is 7.52. The summed E-state index contributed by atoms with van der Waals surface area (Å²) in [4.78, 5) is 0. The fourth-order valence-corrected chi connectivity index (χ4v) is 2.20. The Balaban J connectivity index is 2.61. The minimum absolute atomic E-state index is 0.209. The second-order valence-electron chi connectivity index (χ2n) is 5.89. The van der Waals surface area contributed by atoms with Crippen LogP contribution in [0.3, 0.4) is 0 Å². The lowest BCUT2D eigenvalue weighted by molar-refractivity contribution is 0.150. The molecule has 21 heavy (non-hydrogen) atoms. The summed E-state index contributed by atoms with van der Waals surface area (Å²) in [6, 6.07) is 6.01. The summed E-state index contributed by atoms with van der Waals surface area (Å²) < 4.78 is 16.2. The Morgan fingerprint density at radius 2 is 1.95 bits per heavy atom. The third kappa shape index (κ3) is 5.94. The van der Waals surface area contributed by atoms with Crippen molar-refractivity contribution < 1.29 is 14.2 Å². The Morgan fingerprint density at radius 1 is 1.19 bits per heavy atom. The number of para-hydroxylation sites is 1. The minimum atomic E-state index is 0.209. The molecule has 1 N–H and O–H groups in total. The lowest BCUT2D eigenvalue weighted by atomic mass is 9.89. The molecule has 0 fully saturated rings. The van der Waals surface area contributed by atoms with Gasteiger partial charge in [-0.15, -0.1) is 0 Å². The quantitative estimate of drug-likeness (QED) is 0.719. The van der Waals surface area contributed by atoms with E-state index in [-0.39, 0.29) is 5.41 Å². The van der Waals surface area contributed by atoms with Crippen LogP contribution < -0.4 is 14.8 Å². The van der Waals surface area contributed by atoms with Gasteiger partial charge in [-0.1, -0.05) is 26.0 Å². The Morgan fingerprint density at radius 3 is 2.57 bits per heavy atom. The molecular weight excluding hydrogens is 266 g/mol. The third-order valence-electron chi connectivity index (χ3n) is 3.47. The van der Waals surface area contributed by atoms with Gasteiger partial charge in [0.1, 0.15) is 0 Å². The van der Waals surface area contributed by atoms with Crippen molar-refractivity contribution in [2.24, 2.45) is 5.41 Å². The summed E-state index contributed by atoms with van der Waals surface area (Å²) in [7, 11) is 3.43. The first kappa shape index (κ1) is 17.8. The molecule has 0 amide bonds. The van der Waals surface area contributed by atoms with E-state index in [1.165, 1.54) is 0 Å². The summed E-state index contributed by atoms with van der Waals surface area (Å²) >= 11 is 0. The lowest BCUT2D eigenvalue weighted by Gasteiger charge is -2.25. The van der Waals surface area contributed by atoms with Gasteiger partial charge < -0.3 is 19.5 Å². The molecule has 0 saturated carbocycles. The predicted molar refractivity (Wildman–Crippen MR) is 86.1 cm³/mol. The van der Waals surface area contributed by atoms with E-state index in [1.54, 1.807) is 14.2 Å². The van der Waals surface area contributed by atoms with Crippen molar-refractivity contribution in [2.75, 3.05) is 34.0 Å². The maximum absolute atomic E-state index is 5.60.